The average Bonchev–Trinajstić information content (AvgIpc) is 2.88. The Morgan fingerprint density at radius 2 is 1.83 bits per heavy atom. The highest BCUT2D eigenvalue weighted by Crippen LogP contribution is 2.26. The monoisotopic (exact) mass is 533 g/mol. The lowest BCUT2D eigenvalue weighted by Gasteiger charge is -2.31. The van der Waals surface area contributed by atoms with E-state index in [0.29, 0.717) is 35.4 Å². The number of benzene rings is 3. The minimum absolute atomic E-state index is 0.153. The van der Waals surface area contributed by atoms with E-state index in [1.807, 2.05) is 61.5 Å². The highest BCUT2D eigenvalue weighted by atomic mass is 79.9. The molecule has 0 radical (unpaired) electrons. The quantitative estimate of drug-likeness (QED) is 0.297. The third-order valence-corrected chi connectivity index (χ3v) is 6.62. The van der Waals surface area contributed by atoms with Gasteiger partial charge in [0.1, 0.15) is 5.82 Å². The number of aromatic nitrogens is 2. The van der Waals surface area contributed by atoms with E-state index in [1.54, 1.807) is 34.8 Å². The van der Waals surface area contributed by atoms with Crippen molar-refractivity contribution in [2.24, 2.45) is 0 Å². The van der Waals surface area contributed by atoms with Crippen LogP contribution in [0.5, 0.6) is 0 Å². The van der Waals surface area contributed by atoms with Crippen LogP contribution in [-0.4, -0.2) is 40.6 Å². The van der Waals surface area contributed by atoms with Gasteiger partial charge >= 0.3 is 0 Å². The Balaban J connectivity index is 1.93. The van der Waals surface area contributed by atoms with Gasteiger partial charge in [-0.2, -0.15) is 0 Å². The highest BCUT2D eigenvalue weighted by molar-refractivity contribution is 9.10. The van der Waals surface area contributed by atoms with Crippen LogP contribution in [0, 0.1) is 0 Å². The first kappa shape index (κ1) is 24.8. The molecule has 4 aromatic rings. The first-order valence-electron chi connectivity index (χ1n) is 11.6. The Hall–Kier alpha value is -3.29. The fourth-order valence-electron chi connectivity index (χ4n) is 4.28. The number of carbonyl (C=O) groups excluding carboxylic acids is 1. The molecule has 4 rings (SSSR count). The summed E-state index contributed by atoms with van der Waals surface area (Å²) in [6.45, 7) is 4.67. The Morgan fingerprint density at radius 3 is 2.57 bits per heavy atom. The topological polar surface area (TPSA) is 64.4 Å². The van der Waals surface area contributed by atoms with Gasteiger partial charge in [0.25, 0.3) is 11.5 Å². The molecule has 7 heteroatoms. The van der Waals surface area contributed by atoms with Gasteiger partial charge in [0.05, 0.1) is 29.2 Å². The number of ether oxygens (including phenoxy) is 1. The number of nitrogens with zero attached hydrogens (tertiary/aromatic N) is 3. The number of hydrogen-bond acceptors (Lipinski definition) is 4. The van der Waals surface area contributed by atoms with Crippen molar-refractivity contribution < 1.29 is 9.53 Å². The van der Waals surface area contributed by atoms with Crippen molar-refractivity contribution in [3.8, 4) is 5.69 Å². The zero-order valence-electron chi connectivity index (χ0n) is 20.1. The van der Waals surface area contributed by atoms with Gasteiger partial charge in [-0.1, -0.05) is 59.3 Å². The largest absolute Gasteiger partial charge is 0.383 e. The Morgan fingerprint density at radius 1 is 1.09 bits per heavy atom. The molecule has 0 aliphatic rings. The van der Waals surface area contributed by atoms with Crippen LogP contribution in [0.2, 0.25) is 0 Å². The predicted octanol–water partition coefficient (Wildman–Crippen LogP) is 5.56. The van der Waals surface area contributed by atoms with Gasteiger partial charge in [0, 0.05) is 23.7 Å². The van der Waals surface area contributed by atoms with E-state index in [9.17, 15) is 9.59 Å². The Kier molecular flexibility index (Phi) is 7.78. The molecule has 35 heavy (non-hydrogen) atoms. The SMILES string of the molecule is CCc1ccccc1-n1c(C(C)N(CCOC)C(=O)c2cccc(Br)c2)nc2ccccc2c1=O. The lowest BCUT2D eigenvalue weighted by atomic mass is 10.1. The lowest BCUT2D eigenvalue weighted by molar-refractivity contribution is 0.0605. The number of para-hydroxylation sites is 2. The van der Waals surface area contributed by atoms with E-state index in [0.717, 1.165) is 22.1 Å². The second-order valence-corrected chi connectivity index (χ2v) is 9.20. The van der Waals surface area contributed by atoms with Crippen molar-refractivity contribution in [2.75, 3.05) is 20.3 Å². The molecule has 1 unspecified atom stereocenters. The third kappa shape index (κ3) is 5.06. The van der Waals surface area contributed by atoms with Crippen LogP contribution in [0.1, 0.15) is 41.6 Å². The van der Waals surface area contributed by atoms with Crippen LogP contribution in [0.3, 0.4) is 0 Å². The van der Waals surface area contributed by atoms with Gasteiger partial charge in [-0.3, -0.25) is 14.2 Å². The maximum Gasteiger partial charge on any atom is 0.266 e. The number of rotatable bonds is 8. The molecule has 0 aliphatic carbocycles. The number of fused-ring (bicyclic) bond motifs is 1. The standard InChI is InChI=1S/C28H28BrN3O3/c1-4-20-10-5-8-15-25(20)32-26(30-24-14-7-6-13-23(24)28(32)34)19(2)31(16-17-35-3)27(33)21-11-9-12-22(29)18-21/h5-15,18-19H,4,16-17H2,1-3H3. The summed E-state index contributed by atoms with van der Waals surface area (Å²) in [5.74, 6) is 0.350. The van der Waals surface area contributed by atoms with Crippen molar-refractivity contribution in [3.05, 3.63) is 105 Å². The first-order valence-corrected chi connectivity index (χ1v) is 12.4. The van der Waals surface area contributed by atoms with E-state index >= 15 is 0 Å². The maximum atomic E-state index is 13.8. The summed E-state index contributed by atoms with van der Waals surface area (Å²) >= 11 is 3.46. The number of aryl methyl sites for hydroxylation is 1. The molecule has 0 spiro atoms. The molecule has 1 atom stereocenters. The lowest BCUT2D eigenvalue weighted by Crippen LogP contribution is -2.39. The van der Waals surface area contributed by atoms with E-state index in [-0.39, 0.29) is 11.5 Å². The van der Waals surface area contributed by atoms with Gasteiger partial charge in [-0.05, 0) is 55.3 Å². The molecule has 1 amide bonds. The molecule has 6 nitrogen and oxygen atoms in total. The molecule has 1 heterocycles. The van der Waals surface area contributed by atoms with Gasteiger partial charge < -0.3 is 9.64 Å². The fourth-order valence-corrected chi connectivity index (χ4v) is 4.68. The fraction of sp³-hybridized carbons (Fsp3) is 0.250. The Bertz CT molecular complexity index is 1420. The van der Waals surface area contributed by atoms with Gasteiger partial charge in [0.2, 0.25) is 0 Å². The van der Waals surface area contributed by atoms with Crippen molar-refractivity contribution in [3.63, 3.8) is 0 Å². The number of hydrogen-bond donors (Lipinski definition) is 0. The highest BCUT2D eigenvalue weighted by Gasteiger charge is 2.28. The number of halogens is 1. The minimum Gasteiger partial charge on any atom is -0.383 e. The summed E-state index contributed by atoms with van der Waals surface area (Å²) in [6, 6.07) is 21.9. The molecule has 0 N–H and O–H groups in total. The summed E-state index contributed by atoms with van der Waals surface area (Å²) < 4.78 is 7.81. The van der Waals surface area contributed by atoms with Crippen molar-refractivity contribution in [1.82, 2.24) is 14.5 Å². The van der Waals surface area contributed by atoms with Crippen LogP contribution < -0.4 is 5.56 Å². The van der Waals surface area contributed by atoms with E-state index in [2.05, 4.69) is 22.9 Å². The number of methoxy groups -OCH3 is 1. The molecular formula is C28H28BrN3O3. The van der Waals surface area contributed by atoms with Crippen molar-refractivity contribution in [1.29, 1.82) is 0 Å². The normalized spacial score (nSPS) is 12.0. The Labute approximate surface area is 213 Å². The number of amides is 1. The van der Waals surface area contributed by atoms with Crippen LogP contribution >= 0.6 is 15.9 Å². The molecule has 0 fully saturated rings. The van der Waals surface area contributed by atoms with E-state index < -0.39 is 6.04 Å². The minimum atomic E-state index is -0.501. The average molecular weight is 534 g/mol. The van der Waals surface area contributed by atoms with Gasteiger partial charge in [-0.25, -0.2) is 4.98 Å². The molecule has 180 valence electrons. The summed E-state index contributed by atoms with van der Waals surface area (Å²) in [5.41, 5.74) is 2.81. The summed E-state index contributed by atoms with van der Waals surface area (Å²) in [6.07, 6.45) is 0.758. The van der Waals surface area contributed by atoms with Gasteiger partial charge in [-0.15, -0.1) is 0 Å². The number of carbonyl (C=O) groups is 1. The molecule has 1 aromatic heterocycles. The molecule has 0 saturated heterocycles. The van der Waals surface area contributed by atoms with Crippen molar-refractivity contribution >= 4 is 32.7 Å². The molecule has 3 aromatic carbocycles. The second kappa shape index (κ2) is 11.0. The van der Waals surface area contributed by atoms with Crippen LogP contribution in [0.15, 0.2) is 82.1 Å². The summed E-state index contributed by atoms with van der Waals surface area (Å²) in [5, 5.41) is 0.538. The second-order valence-electron chi connectivity index (χ2n) is 8.29. The van der Waals surface area contributed by atoms with Crippen LogP contribution in [0.25, 0.3) is 16.6 Å². The molecule has 0 saturated carbocycles. The smallest absolute Gasteiger partial charge is 0.266 e. The summed E-state index contributed by atoms with van der Waals surface area (Å²) in [7, 11) is 1.61. The molecule has 0 bridgehead atoms. The van der Waals surface area contributed by atoms with E-state index in [1.165, 1.54) is 0 Å². The zero-order valence-corrected chi connectivity index (χ0v) is 21.7. The van der Waals surface area contributed by atoms with E-state index in [4.69, 9.17) is 9.72 Å². The molecule has 0 aliphatic heterocycles. The van der Waals surface area contributed by atoms with Crippen LogP contribution in [0.4, 0.5) is 0 Å². The maximum absolute atomic E-state index is 13.8. The van der Waals surface area contributed by atoms with Gasteiger partial charge in [0.15, 0.2) is 0 Å². The predicted molar refractivity (Wildman–Crippen MR) is 142 cm³/mol. The van der Waals surface area contributed by atoms with Crippen molar-refractivity contribution in [2.45, 2.75) is 26.3 Å². The zero-order chi connectivity index (χ0) is 24.9. The first-order chi connectivity index (χ1) is 17.0. The third-order valence-electron chi connectivity index (χ3n) is 6.12. The van der Waals surface area contributed by atoms with Crippen LogP contribution in [-0.2, 0) is 11.2 Å². The molecular weight excluding hydrogens is 506 g/mol. The summed E-state index contributed by atoms with van der Waals surface area (Å²) in [4.78, 5) is 34.1.